The Kier molecular flexibility index (Phi) is 7.04. The molecule has 9 heteroatoms. The Morgan fingerprint density at radius 3 is 2.48 bits per heavy atom. The van der Waals surface area contributed by atoms with Crippen LogP contribution in [0, 0.1) is 7.14 Å². The van der Waals surface area contributed by atoms with Crippen molar-refractivity contribution in [3.05, 3.63) is 30.5 Å². The Hall–Kier alpha value is -1.37. The van der Waals surface area contributed by atoms with Crippen molar-refractivity contribution in [2.45, 2.75) is 13.3 Å². The summed E-state index contributed by atoms with van der Waals surface area (Å²) in [6.07, 6.45) is 2.33. The number of esters is 1. The second kappa shape index (κ2) is 8.83. The first-order chi connectivity index (χ1) is 11.9. The van der Waals surface area contributed by atoms with Crippen LogP contribution in [0.3, 0.4) is 0 Å². The van der Waals surface area contributed by atoms with Crippen molar-refractivity contribution in [2.24, 2.45) is 0 Å². The molecule has 0 aromatic heterocycles. The van der Waals surface area contributed by atoms with E-state index in [-0.39, 0.29) is 18.2 Å². The molecule has 0 unspecified atom stereocenters. The van der Waals surface area contributed by atoms with E-state index < -0.39 is 12.0 Å². The summed E-state index contributed by atoms with van der Waals surface area (Å²) in [6.45, 7) is 2.11. The molecule has 1 aliphatic rings. The van der Waals surface area contributed by atoms with E-state index in [0.717, 1.165) is 12.7 Å². The van der Waals surface area contributed by atoms with Gasteiger partial charge in [-0.1, -0.05) is 6.92 Å². The van der Waals surface area contributed by atoms with Gasteiger partial charge >= 0.3 is 12.0 Å². The number of rotatable bonds is 6. The maximum absolute atomic E-state index is 12.3. The lowest BCUT2D eigenvalue weighted by atomic mass is 10.2. The lowest BCUT2D eigenvalue weighted by Gasteiger charge is -2.11. The van der Waals surface area contributed by atoms with Crippen LogP contribution in [0.1, 0.15) is 18.9 Å². The molecule has 3 amide bonds. The Balaban J connectivity index is 2.22. The zero-order valence-electron chi connectivity index (χ0n) is 13.6. The van der Waals surface area contributed by atoms with E-state index in [9.17, 15) is 14.4 Å². The minimum Gasteiger partial charge on any atom is -0.480 e. The number of carbonyl (C=O) groups excluding carboxylic acids is 3. The predicted octanol–water partition coefficient (Wildman–Crippen LogP) is 2.75. The molecule has 0 bridgehead atoms. The highest BCUT2D eigenvalue weighted by Gasteiger charge is 2.32. The Labute approximate surface area is 172 Å². The predicted molar refractivity (Wildman–Crippen MR) is 108 cm³/mol. The van der Waals surface area contributed by atoms with E-state index in [0.29, 0.717) is 18.7 Å². The summed E-state index contributed by atoms with van der Waals surface area (Å²) in [4.78, 5) is 36.5. The molecule has 1 heterocycles. The van der Waals surface area contributed by atoms with Crippen molar-refractivity contribution < 1.29 is 23.9 Å². The summed E-state index contributed by atoms with van der Waals surface area (Å²) in [6, 6.07) is 3.22. The fourth-order valence-electron chi connectivity index (χ4n) is 2.16. The van der Waals surface area contributed by atoms with E-state index in [4.69, 9.17) is 4.74 Å². The van der Waals surface area contributed by atoms with Crippen molar-refractivity contribution >= 4 is 69.2 Å². The highest BCUT2D eigenvalue weighted by Crippen LogP contribution is 2.30. The summed E-state index contributed by atoms with van der Waals surface area (Å²) in [5, 5.41) is 2.59. The molecule has 2 rings (SSSR count). The van der Waals surface area contributed by atoms with E-state index in [1.165, 1.54) is 12.0 Å². The van der Waals surface area contributed by atoms with E-state index in [2.05, 4.69) is 55.2 Å². The van der Waals surface area contributed by atoms with Gasteiger partial charge in [-0.15, -0.1) is 0 Å². The van der Waals surface area contributed by atoms with Crippen molar-refractivity contribution in [1.29, 1.82) is 0 Å². The second-order valence-corrected chi connectivity index (χ2v) is 7.45. The first-order valence-electron chi connectivity index (χ1n) is 7.40. The maximum Gasteiger partial charge on any atom is 0.343 e. The molecule has 0 radical (unpaired) electrons. The van der Waals surface area contributed by atoms with Crippen LogP contribution in [-0.2, 0) is 14.3 Å². The summed E-state index contributed by atoms with van der Waals surface area (Å²) in [5.41, 5.74) is 0.995. The molecular weight excluding hydrogens is 554 g/mol. The van der Waals surface area contributed by atoms with Crippen molar-refractivity contribution in [2.75, 3.05) is 20.3 Å². The molecular formula is C16H16I2N2O5. The lowest BCUT2D eigenvalue weighted by molar-refractivity contribution is -0.143. The summed E-state index contributed by atoms with van der Waals surface area (Å²) in [7, 11) is 1.30. The number of hydrogen-bond acceptors (Lipinski definition) is 5. The number of nitrogens with one attached hydrogen (secondary N) is 1. The number of amides is 3. The first kappa shape index (κ1) is 19.9. The smallest absolute Gasteiger partial charge is 0.343 e. The molecule has 0 saturated carbocycles. The van der Waals surface area contributed by atoms with Gasteiger partial charge in [0.05, 0.1) is 14.3 Å². The van der Waals surface area contributed by atoms with E-state index in [1.807, 2.05) is 19.1 Å². The second-order valence-electron chi connectivity index (χ2n) is 5.12. The largest absolute Gasteiger partial charge is 0.480 e. The number of imide groups is 1. The molecule has 0 spiro atoms. The Morgan fingerprint density at radius 2 is 1.92 bits per heavy atom. The molecule has 1 aromatic carbocycles. The van der Waals surface area contributed by atoms with Gasteiger partial charge in [0.15, 0.2) is 6.61 Å². The third-order valence-corrected chi connectivity index (χ3v) is 4.91. The zero-order valence-corrected chi connectivity index (χ0v) is 17.9. The zero-order chi connectivity index (χ0) is 18.6. The van der Waals surface area contributed by atoms with Crippen LogP contribution < -0.4 is 10.1 Å². The van der Waals surface area contributed by atoms with Crippen LogP contribution in [0.15, 0.2) is 17.8 Å². The number of ether oxygens (including phenoxy) is 2. The highest BCUT2D eigenvalue weighted by atomic mass is 127. The topological polar surface area (TPSA) is 84.9 Å². The molecule has 134 valence electrons. The molecule has 1 aromatic rings. The first-order valence-corrected chi connectivity index (χ1v) is 9.56. The molecule has 7 nitrogen and oxygen atoms in total. The minimum absolute atomic E-state index is 0.177. The van der Waals surface area contributed by atoms with Gasteiger partial charge in [-0.3, -0.25) is 9.69 Å². The number of halogens is 2. The number of hydrogen-bond donors (Lipinski definition) is 1. The number of nitrogens with zero attached hydrogens (tertiary/aromatic N) is 1. The monoisotopic (exact) mass is 570 g/mol. The Morgan fingerprint density at radius 1 is 1.28 bits per heavy atom. The number of urea groups is 1. The van der Waals surface area contributed by atoms with Crippen LogP contribution in [0.2, 0.25) is 0 Å². The quantitative estimate of drug-likeness (QED) is 0.246. The SMILES string of the molecule is CCCN1C(=O)N/C(=C/c2cc(I)c(OCC(=O)OC)c(I)c2)C1=O. The van der Waals surface area contributed by atoms with Gasteiger partial charge in [0.25, 0.3) is 5.91 Å². The van der Waals surface area contributed by atoms with Gasteiger partial charge in [-0.25, -0.2) is 9.59 Å². The molecule has 0 atom stereocenters. The van der Waals surface area contributed by atoms with Gasteiger partial charge in [0.1, 0.15) is 11.4 Å². The van der Waals surface area contributed by atoms with Crippen molar-refractivity contribution in [3.63, 3.8) is 0 Å². The van der Waals surface area contributed by atoms with Gasteiger partial charge < -0.3 is 14.8 Å². The fraction of sp³-hybridized carbons (Fsp3) is 0.312. The number of methoxy groups -OCH3 is 1. The van der Waals surface area contributed by atoms with Crippen LogP contribution in [0.25, 0.3) is 6.08 Å². The number of carbonyl (C=O) groups is 3. The average Bonchev–Trinajstić information content (AvgIpc) is 2.81. The standard InChI is InChI=1S/C16H16I2N2O5/c1-3-4-20-15(22)12(19-16(20)23)7-9-5-10(17)14(11(18)6-9)25-8-13(21)24-2/h5-7H,3-4,8H2,1-2H3,(H,19,23)/b12-7+. The maximum atomic E-state index is 12.3. The summed E-state index contributed by atoms with van der Waals surface area (Å²) >= 11 is 4.18. The van der Waals surface area contributed by atoms with Crippen LogP contribution in [-0.4, -0.2) is 43.1 Å². The molecule has 0 aliphatic carbocycles. The van der Waals surface area contributed by atoms with E-state index in [1.54, 1.807) is 6.08 Å². The Bertz CT molecular complexity index is 725. The summed E-state index contributed by atoms with van der Waals surface area (Å²) < 4.78 is 11.6. The third-order valence-electron chi connectivity index (χ3n) is 3.30. The van der Waals surface area contributed by atoms with E-state index >= 15 is 0 Å². The van der Waals surface area contributed by atoms with Gasteiger partial charge in [-0.05, 0) is 75.4 Å². The normalized spacial score (nSPS) is 15.5. The van der Waals surface area contributed by atoms with Gasteiger partial charge in [0, 0.05) is 6.54 Å². The van der Waals surface area contributed by atoms with Crippen LogP contribution in [0.4, 0.5) is 4.79 Å². The fourth-order valence-corrected chi connectivity index (χ4v) is 4.28. The average molecular weight is 570 g/mol. The van der Waals surface area contributed by atoms with Crippen molar-refractivity contribution in [3.8, 4) is 5.75 Å². The third kappa shape index (κ3) is 4.84. The molecule has 1 fully saturated rings. The highest BCUT2D eigenvalue weighted by molar-refractivity contribution is 14.1. The lowest BCUT2D eigenvalue weighted by Crippen LogP contribution is -2.31. The summed E-state index contributed by atoms with van der Waals surface area (Å²) in [5.74, 6) is -0.223. The minimum atomic E-state index is -0.465. The van der Waals surface area contributed by atoms with Gasteiger partial charge in [0.2, 0.25) is 0 Å². The van der Waals surface area contributed by atoms with Crippen LogP contribution in [0.5, 0.6) is 5.75 Å². The number of benzene rings is 1. The molecule has 1 N–H and O–H groups in total. The van der Waals surface area contributed by atoms with Crippen molar-refractivity contribution in [1.82, 2.24) is 10.2 Å². The molecule has 25 heavy (non-hydrogen) atoms. The molecule has 1 saturated heterocycles. The van der Waals surface area contributed by atoms with Crippen LogP contribution >= 0.6 is 45.2 Å². The molecule has 1 aliphatic heterocycles. The van der Waals surface area contributed by atoms with Gasteiger partial charge in [-0.2, -0.15) is 0 Å².